The Morgan fingerprint density at radius 1 is 1.00 bits per heavy atom. The molecular formula is C21H31ClN2O4. The second-order valence-corrected chi connectivity index (χ2v) is 8.20. The van der Waals surface area contributed by atoms with Crippen molar-refractivity contribution in [3.8, 4) is 0 Å². The molecule has 28 heavy (non-hydrogen) atoms. The zero-order chi connectivity index (χ0) is 21.4. The molecule has 0 aliphatic rings. The van der Waals surface area contributed by atoms with Crippen molar-refractivity contribution in [2.24, 2.45) is 5.92 Å². The maximum Gasteiger partial charge on any atom is 0.329 e. The minimum Gasteiger partial charge on any atom is -0.454 e. The summed E-state index contributed by atoms with van der Waals surface area (Å²) in [5.74, 6) is -1.11. The van der Waals surface area contributed by atoms with Gasteiger partial charge in [-0.05, 0) is 64.3 Å². The van der Waals surface area contributed by atoms with Crippen LogP contribution in [0.1, 0.15) is 58.3 Å². The number of hydrogen-bond acceptors (Lipinski definition) is 4. The number of hydrogen-bond donors (Lipinski definition) is 1. The Morgan fingerprint density at radius 2 is 1.54 bits per heavy atom. The van der Waals surface area contributed by atoms with E-state index in [4.69, 9.17) is 16.3 Å². The third-order valence-corrected chi connectivity index (χ3v) is 4.39. The lowest BCUT2D eigenvalue weighted by molar-refractivity contribution is -0.155. The van der Waals surface area contributed by atoms with Crippen LogP contribution < -0.4 is 5.32 Å². The van der Waals surface area contributed by atoms with Crippen molar-refractivity contribution in [3.63, 3.8) is 0 Å². The standard InChI is InChI=1S/C21H31ClN2O4/c1-13(2)11-18(23-20(26)16-7-9-17(22)10-8-16)21(27)28-12-19(25)24(14(3)4)15(5)6/h7-10,13-15,18H,11-12H2,1-6H3,(H,23,26)/t18-/m1/s1. The third-order valence-electron chi connectivity index (χ3n) is 4.14. The fourth-order valence-electron chi connectivity index (χ4n) is 3.01. The average molecular weight is 411 g/mol. The van der Waals surface area contributed by atoms with Gasteiger partial charge in [0.05, 0.1) is 0 Å². The van der Waals surface area contributed by atoms with Gasteiger partial charge in [-0.15, -0.1) is 0 Å². The summed E-state index contributed by atoms with van der Waals surface area (Å²) in [7, 11) is 0. The van der Waals surface area contributed by atoms with Gasteiger partial charge in [-0.3, -0.25) is 9.59 Å². The highest BCUT2D eigenvalue weighted by molar-refractivity contribution is 6.30. The Labute approximate surface area is 172 Å². The molecule has 0 bridgehead atoms. The molecule has 1 aromatic carbocycles. The summed E-state index contributed by atoms with van der Waals surface area (Å²) in [5.41, 5.74) is 0.396. The number of carbonyl (C=O) groups is 3. The van der Waals surface area contributed by atoms with E-state index in [-0.39, 0.29) is 30.5 Å². The molecule has 0 heterocycles. The van der Waals surface area contributed by atoms with Crippen molar-refractivity contribution in [3.05, 3.63) is 34.9 Å². The summed E-state index contributed by atoms with van der Waals surface area (Å²) in [6.45, 7) is 11.2. The molecule has 0 aromatic heterocycles. The van der Waals surface area contributed by atoms with E-state index in [1.54, 1.807) is 29.2 Å². The first-order valence-corrected chi connectivity index (χ1v) is 9.94. The molecule has 0 radical (unpaired) electrons. The number of nitrogens with one attached hydrogen (secondary N) is 1. The highest BCUT2D eigenvalue weighted by Gasteiger charge is 2.26. The topological polar surface area (TPSA) is 75.7 Å². The lowest BCUT2D eigenvalue weighted by Gasteiger charge is -2.30. The van der Waals surface area contributed by atoms with Crippen LogP contribution in [0.5, 0.6) is 0 Å². The molecule has 0 saturated carbocycles. The van der Waals surface area contributed by atoms with E-state index in [2.05, 4.69) is 5.32 Å². The van der Waals surface area contributed by atoms with Gasteiger partial charge >= 0.3 is 5.97 Å². The van der Waals surface area contributed by atoms with Crippen molar-refractivity contribution in [1.82, 2.24) is 10.2 Å². The van der Waals surface area contributed by atoms with Crippen LogP contribution in [-0.2, 0) is 14.3 Å². The largest absolute Gasteiger partial charge is 0.454 e. The van der Waals surface area contributed by atoms with E-state index >= 15 is 0 Å². The molecule has 2 amide bonds. The Morgan fingerprint density at radius 3 is 2.00 bits per heavy atom. The first kappa shape index (κ1) is 24.0. The normalized spacial score (nSPS) is 12.2. The van der Waals surface area contributed by atoms with Gasteiger partial charge in [-0.1, -0.05) is 25.4 Å². The highest BCUT2D eigenvalue weighted by atomic mass is 35.5. The molecule has 0 unspecified atom stereocenters. The van der Waals surface area contributed by atoms with E-state index in [0.29, 0.717) is 17.0 Å². The van der Waals surface area contributed by atoms with Gasteiger partial charge in [-0.25, -0.2) is 4.79 Å². The van der Waals surface area contributed by atoms with Crippen molar-refractivity contribution in [2.45, 2.75) is 66.1 Å². The molecule has 156 valence electrons. The first-order valence-electron chi connectivity index (χ1n) is 9.57. The summed E-state index contributed by atoms with van der Waals surface area (Å²) < 4.78 is 5.24. The molecule has 0 fully saturated rings. The van der Waals surface area contributed by atoms with Crippen LogP contribution in [0.4, 0.5) is 0 Å². The predicted molar refractivity (Wildman–Crippen MR) is 110 cm³/mol. The number of nitrogens with zero attached hydrogens (tertiary/aromatic N) is 1. The van der Waals surface area contributed by atoms with E-state index in [1.807, 2.05) is 41.5 Å². The second-order valence-electron chi connectivity index (χ2n) is 7.76. The molecule has 1 atom stereocenters. The van der Waals surface area contributed by atoms with Gasteiger partial charge in [0.15, 0.2) is 6.61 Å². The Kier molecular flexibility index (Phi) is 9.46. The number of esters is 1. The van der Waals surface area contributed by atoms with E-state index < -0.39 is 17.9 Å². The molecule has 1 rings (SSSR count). The number of halogens is 1. The maximum atomic E-state index is 12.5. The number of amides is 2. The zero-order valence-electron chi connectivity index (χ0n) is 17.5. The molecular weight excluding hydrogens is 380 g/mol. The molecule has 1 N–H and O–H groups in total. The highest BCUT2D eigenvalue weighted by Crippen LogP contribution is 2.12. The maximum absolute atomic E-state index is 12.5. The van der Waals surface area contributed by atoms with E-state index in [9.17, 15) is 14.4 Å². The molecule has 0 aliphatic heterocycles. The number of rotatable bonds is 9. The van der Waals surface area contributed by atoms with Crippen LogP contribution in [0.25, 0.3) is 0 Å². The van der Waals surface area contributed by atoms with Gasteiger partial charge < -0.3 is 15.0 Å². The lowest BCUT2D eigenvalue weighted by atomic mass is 10.0. The molecule has 6 nitrogen and oxygen atoms in total. The monoisotopic (exact) mass is 410 g/mol. The van der Waals surface area contributed by atoms with Gasteiger partial charge in [0.2, 0.25) is 0 Å². The van der Waals surface area contributed by atoms with Crippen molar-refractivity contribution in [1.29, 1.82) is 0 Å². The summed E-state index contributed by atoms with van der Waals surface area (Å²) in [6, 6.07) is 5.56. The van der Waals surface area contributed by atoms with Gasteiger partial charge in [0.25, 0.3) is 11.8 Å². The fourth-order valence-corrected chi connectivity index (χ4v) is 3.13. The summed E-state index contributed by atoms with van der Waals surface area (Å²) in [5, 5.41) is 3.22. The molecule has 7 heteroatoms. The number of benzene rings is 1. The molecule has 0 aliphatic carbocycles. The van der Waals surface area contributed by atoms with Crippen LogP contribution in [0.15, 0.2) is 24.3 Å². The van der Waals surface area contributed by atoms with Gasteiger partial charge in [0.1, 0.15) is 6.04 Å². The van der Waals surface area contributed by atoms with Crippen LogP contribution >= 0.6 is 11.6 Å². The zero-order valence-corrected chi connectivity index (χ0v) is 18.2. The Balaban J connectivity index is 2.78. The lowest BCUT2D eigenvalue weighted by Crippen LogP contribution is -2.46. The molecule has 0 saturated heterocycles. The SMILES string of the molecule is CC(C)C[C@@H](NC(=O)c1ccc(Cl)cc1)C(=O)OCC(=O)N(C(C)C)C(C)C. The predicted octanol–water partition coefficient (Wildman–Crippen LogP) is 3.67. The fraction of sp³-hybridized carbons (Fsp3) is 0.571. The van der Waals surface area contributed by atoms with Crippen LogP contribution in [0.3, 0.4) is 0 Å². The van der Waals surface area contributed by atoms with E-state index in [1.165, 1.54) is 0 Å². The molecule has 1 aromatic rings. The Hall–Kier alpha value is -2.08. The van der Waals surface area contributed by atoms with Crippen LogP contribution in [0, 0.1) is 5.92 Å². The first-order chi connectivity index (χ1) is 13.0. The van der Waals surface area contributed by atoms with Crippen molar-refractivity contribution in [2.75, 3.05) is 6.61 Å². The summed E-state index contributed by atoms with van der Waals surface area (Å²) >= 11 is 5.84. The smallest absolute Gasteiger partial charge is 0.329 e. The van der Waals surface area contributed by atoms with Crippen LogP contribution in [-0.4, -0.2) is 47.4 Å². The van der Waals surface area contributed by atoms with Crippen molar-refractivity contribution < 1.29 is 19.1 Å². The quantitative estimate of drug-likeness (QED) is 0.630. The number of ether oxygens (including phenoxy) is 1. The summed E-state index contributed by atoms with van der Waals surface area (Å²) in [6.07, 6.45) is 0.407. The van der Waals surface area contributed by atoms with Gasteiger partial charge in [-0.2, -0.15) is 0 Å². The number of carbonyl (C=O) groups excluding carboxylic acids is 3. The second kappa shape index (κ2) is 11.1. The Bertz CT molecular complexity index is 663. The van der Waals surface area contributed by atoms with Crippen LogP contribution in [0.2, 0.25) is 5.02 Å². The minimum atomic E-state index is -0.831. The minimum absolute atomic E-state index is 0.00210. The van der Waals surface area contributed by atoms with Crippen molar-refractivity contribution >= 4 is 29.4 Å². The summed E-state index contributed by atoms with van der Waals surface area (Å²) in [4.78, 5) is 39.0. The third kappa shape index (κ3) is 7.50. The average Bonchev–Trinajstić information content (AvgIpc) is 2.58. The molecule has 0 spiro atoms. The van der Waals surface area contributed by atoms with Gasteiger partial charge in [0, 0.05) is 22.7 Å². The van der Waals surface area contributed by atoms with E-state index in [0.717, 1.165) is 0 Å².